The van der Waals surface area contributed by atoms with Crippen molar-refractivity contribution in [3.8, 4) is 0 Å². The summed E-state index contributed by atoms with van der Waals surface area (Å²) in [5, 5.41) is 6.50. The molecule has 0 radical (unpaired) electrons. The molecule has 1 aromatic carbocycles. The fourth-order valence-corrected chi connectivity index (χ4v) is 3.63. The predicted molar refractivity (Wildman–Crippen MR) is 90.7 cm³/mol. The number of sulfonamides is 1. The normalized spacial score (nSPS) is 11.3. The summed E-state index contributed by atoms with van der Waals surface area (Å²) in [6.07, 6.45) is 1.40. The van der Waals surface area contributed by atoms with Crippen molar-refractivity contribution in [1.29, 1.82) is 0 Å². The monoisotopic (exact) mass is 362 g/mol. The average molecular weight is 362 g/mol. The fraction of sp³-hybridized carbons (Fsp3) is 0.125. The van der Waals surface area contributed by atoms with Crippen molar-refractivity contribution in [2.45, 2.75) is 18.7 Å². The second-order valence-corrected chi connectivity index (χ2v) is 6.92. The highest BCUT2D eigenvalue weighted by Gasteiger charge is 2.24. The van der Waals surface area contributed by atoms with Crippen LogP contribution >= 0.6 is 0 Å². The maximum Gasteiger partial charge on any atom is 0.268 e. The standard InChI is InChI=1S/C16H15FN4O3S/c1-10-16(11(2)24-20-10)25(22,23)21-15-8-7-12(9-18-15)19-14-6-4-3-5-13(14)17/h3-9,19H,1-2H3,(H,18,21). The van der Waals surface area contributed by atoms with Crippen LogP contribution in [0.1, 0.15) is 11.5 Å². The van der Waals surface area contributed by atoms with Gasteiger partial charge in [0.1, 0.15) is 17.3 Å². The molecule has 0 unspecified atom stereocenters. The van der Waals surface area contributed by atoms with Gasteiger partial charge in [0, 0.05) is 0 Å². The lowest BCUT2D eigenvalue weighted by Gasteiger charge is -2.09. The van der Waals surface area contributed by atoms with E-state index in [-0.39, 0.29) is 22.2 Å². The van der Waals surface area contributed by atoms with Gasteiger partial charge in [0.2, 0.25) is 0 Å². The van der Waals surface area contributed by atoms with E-state index in [1.165, 1.54) is 25.3 Å². The summed E-state index contributed by atoms with van der Waals surface area (Å²) in [5.74, 6) is -0.0763. The molecule has 3 rings (SSSR count). The van der Waals surface area contributed by atoms with Gasteiger partial charge in [-0.15, -0.1) is 0 Å². The largest absolute Gasteiger partial charge is 0.360 e. The number of hydrogen-bond acceptors (Lipinski definition) is 6. The number of hydrogen-bond donors (Lipinski definition) is 2. The molecule has 0 aliphatic carbocycles. The van der Waals surface area contributed by atoms with Crippen molar-refractivity contribution >= 4 is 27.2 Å². The Morgan fingerprint density at radius 1 is 1.12 bits per heavy atom. The van der Waals surface area contributed by atoms with Crippen LogP contribution < -0.4 is 10.0 Å². The topological polar surface area (TPSA) is 97.1 Å². The van der Waals surface area contributed by atoms with E-state index >= 15 is 0 Å². The Morgan fingerprint density at radius 3 is 2.48 bits per heavy atom. The number of nitrogens with zero attached hydrogens (tertiary/aromatic N) is 2. The van der Waals surface area contributed by atoms with Gasteiger partial charge in [0.25, 0.3) is 10.0 Å². The summed E-state index contributed by atoms with van der Waals surface area (Å²) >= 11 is 0. The smallest absolute Gasteiger partial charge is 0.268 e. The predicted octanol–water partition coefficient (Wildman–Crippen LogP) is 3.37. The van der Waals surface area contributed by atoms with E-state index in [9.17, 15) is 12.8 Å². The highest BCUT2D eigenvalue weighted by atomic mass is 32.2. The van der Waals surface area contributed by atoms with Gasteiger partial charge in [-0.1, -0.05) is 17.3 Å². The number of pyridine rings is 1. The third-order valence-electron chi connectivity index (χ3n) is 3.39. The zero-order valence-electron chi connectivity index (χ0n) is 13.4. The summed E-state index contributed by atoms with van der Waals surface area (Å²) in [7, 11) is -3.86. The first kappa shape index (κ1) is 16.9. The van der Waals surface area contributed by atoms with E-state index in [1.54, 1.807) is 31.2 Å². The van der Waals surface area contributed by atoms with Crippen molar-refractivity contribution in [1.82, 2.24) is 10.1 Å². The van der Waals surface area contributed by atoms with Crippen LogP contribution in [0.4, 0.5) is 21.6 Å². The van der Waals surface area contributed by atoms with Crippen LogP contribution in [0.3, 0.4) is 0 Å². The number of nitrogens with one attached hydrogen (secondary N) is 2. The minimum Gasteiger partial charge on any atom is -0.360 e. The SMILES string of the molecule is Cc1noc(C)c1S(=O)(=O)Nc1ccc(Nc2ccccc2F)cn1. The van der Waals surface area contributed by atoms with E-state index < -0.39 is 15.8 Å². The summed E-state index contributed by atoms with van der Waals surface area (Å²) in [6.45, 7) is 3.06. The molecule has 0 aliphatic heterocycles. The van der Waals surface area contributed by atoms with Crippen molar-refractivity contribution in [2.24, 2.45) is 0 Å². The van der Waals surface area contributed by atoms with Gasteiger partial charge in [0.15, 0.2) is 10.7 Å². The molecule has 0 saturated carbocycles. The summed E-state index contributed by atoms with van der Waals surface area (Å²) in [6, 6.07) is 9.27. The minimum absolute atomic E-state index is 0.0112. The molecule has 130 valence electrons. The van der Waals surface area contributed by atoms with E-state index in [4.69, 9.17) is 4.52 Å². The van der Waals surface area contributed by atoms with Crippen LogP contribution in [0.15, 0.2) is 52.0 Å². The minimum atomic E-state index is -3.86. The zero-order valence-corrected chi connectivity index (χ0v) is 14.3. The second kappa shape index (κ2) is 6.52. The van der Waals surface area contributed by atoms with Crippen LogP contribution in [0.25, 0.3) is 0 Å². The summed E-state index contributed by atoms with van der Waals surface area (Å²) in [5.41, 5.74) is 1.08. The highest BCUT2D eigenvalue weighted by molar-refractivity contribution is 7.92. The number of para-hydroxylation sites is 1. The van der Waals surface area contributed by atoms with Crippen molar-refractivity contribution in [3.05, 3.63) is 59.9 Å². The van der Waals surface area contributed by atoms with Crippen LogP contribution in [-0.4, -0.2) is 18.6 Å². The Labute approximate surface area is 143 Å². The Balaban J connectivity index is 1.78. The maximum absolute atomic E-state index is 13.6. The van der Waals surface area contributed by atoms with Gasteiger partial charge in [-0.3, -0.25) is 4.72 Å². The van der Waals surface area contributed by atoms with Gasteiger partial charge in [-0.2, -0.15) is 0 Å². The van der Waals surface area contributed by atoms with Crippen molar-refractivity contribution in [3.63, 3.8) is 0 Å². The van der Waals surface area contributed by atoms with Gasteiger partial charge >= 0.3 is 0 Å². The number of rotatable bonds is 5. The molecule has 0 saturated heterocycles. The lowest BCUT2D eigenvalue weighted by Crippen LogP contribution is -2.15. The van der Waals surface area contributed by atoms with Crippen LogP contribution in [-0.2, 0) is 10.0 Å². The molecule has 7 nitrogen and oxygen atoms in total. The van der Waals surface area contributed by atoms with Crippen LogP contribution in [0.2, 0.25) is 0 Å². The molecule has 0 spiro atoms. The molecule has 0 fully saturated rings. The quantitative estimate of drug-likeness (QED) is 0.722. The van der Waals surface area contributed by atoms with E-state index in [1.807, 2.05) is 0 Å². The van der Waals surface area contributed by atoms with Gasteiger partial charge in [-0.05, 0) is 38.1 Å². The number of anilines is 3. The van der Waals surface area contributed by atoms with Gasteiger partial charge < -0.3 is 9.84 Å². The number of aryl methyl sites for hydroxylation is 2. The first-order chi connectivity index (χ1) is 11.9. The maximum atomic E-state index is 13.6. The Morgan fingerprint density at radius 2 is 1.88 bits per heavy atom. The molecule has 0 aliphatic rings. The van der Waals surface area contributed by atoms with Gasteiger partial charge in [0.05, 0.1) is 17.6 Å². The van der Waals surface area contributed by atoms with Crippen molar-refractivity contribution in [2.75, 3.05) is 10.0 Å². The first-order valence-corrected chi connectivity index (χ1v) is 8.78. The molecule has 0 amide bonds. The molecule has 0 atom stereocenters. The molecule has 9 heteroatoms. The van der Waals surface area contributed by atoms with Gasteiger partial charge in [-0.25, -0.2) is 17.8 Å². The molecule has 2 N–H and O–H groups in total. The Hall–Kier alpha value is -2.94. The highest BCUT2D eigenvalue weighted by Crippen LogP contribution is 2.23. The molecular weight excluding hydrogens is 347 g/mol. The fourth-order valence-electron chi connectivity index (χ4n) is 2.29. The Bertz CT molecular complexity index is 981. The third-order valence-corrected chi connectivity index (χ3v) is 4.99. The first-order valence-electron chi connectivity index (χ1n) is 7.30. The second-order valence-electron chi connectivity index (χ2n) is 5.30. The molecule has 2 heterocycles. The summed E-state index contributed by atoms with van der Waals surface area (Å²) < 4.78 is 45.7. The van der Waals surface area contributed by atoms with E-state index in [0.717, 1.165) is 0 Å². The third kappa shape index (κ3) is 3.61. The molecule has 2 aromatic heterocycles. The average Bonchev–Trinajstić information content (AvgIpc) is 2.91. The Kier molecular flexibility index (Phi) is 4.41. The molecule has 0 bridgehead atoms. The lowest BCUT2D eigenvalue weighted by atomic mass is 10.3. The zero-order chi connectivity index (χ0) is 18.0. The van der Waals surface area contributed by atoms with E-state index in [0.29, 0.717) is 11.4 Å². The summed E-state index contributed by atoms with van der Waals surface area (Å²) in [4.78, 5) is 4.02. The lowest BCUT2D eigenvalue weighted by molar-refractivity contribution is 0.390. The van der Waals surface area contributed by atoms with Crippen LogP contribution in [0, 0.1) is 19.7 Å². The molecular formula is C16H15FN4O3S. The molecule has 3 aromatic rings. The number of aromatic nitrogens is 2. The number of halogens is 1. The van der Waals surface area contributed by atoms with Crippen molar-refractivity contribution < 1.29 is 17.3 Å². The number of benzene rings is 1. The molecule has 25 heavy (non-hydrogen) atoms. The van der Waals surface area contributed by atoms with E-state index in [2.05, 4.69) is 20.2 Å². The van der Waals surface area contributed by atoms with Crippen LogP contribution in [0.5, 0.6) is 0 Å².